The molecule has 0 fully saturated rings. The fourth-order valence-corrected chi connectivity index (χ4v) is 3.54. The number of hydrogen-bond acceptors (Lipinski definition) is 3. The molecular formula is C10H10N2OS. The van der Waals surface area contributed by atoms with E-state index in [9.17, 15) is 4.79 Å². The summed E-state index contributed by atoms with van der Waals surface area (Å²) in [6.45, 7) is 0. The number of hydrogen-bond donors (Lipinski definition) is 0. The number of aliphatic imine (C=N–C) groups is 2. The van der Waals surface area contributed by atoms with Crippen molar-refractivity contribution in [1.82, 2.24) is 0 Å². The number of fused-ring (bicyclic) bond motifs is 2. The Labute approximate surface area is 86.4 Å². The lowest BCUT2D eigenvalue weighted by Gasteiger charge is -2.13. The molecule has 3 nitrogen and oxygen atoms in total. The third-order valence-corrected chi connectivity index (χ3v) is 4.24. The summed E-state index contributed by atoms with van der Waals surface area (Å²) in [5.41, 5.74) is 2.33. The Morgan fingerprint density at radius 3 is 3.14 bits per heavy atom. The zero-order chi connectivity index (χ0) is 9.54. The molecule has 4 heteroatoms. The molecule has 3 aliphatic rings. The predicted octanol–water partition coefficient (Wildman–Crippen LogP) is 1.94. The highest BCUT2D eigenvalue weighted by Gasteiger charge is 2.38. The second-order valence-electron chi connectivity index (χ2n) is 3.70. The Balaban J connectivity index is 2.03. The third kappa shape index (κ3) is 1.10. The van der Waals surface area contributed by atoms with E-state index in [1.165, 1.54) is 29.7 Å². The zero-order valence-electron chi connectivity index (χ0n) is 7.69. The molecule has 0 saturated carbocycles. The number of thioether (sulfide) groups is 1. The summed E-state index contributed by atoms with van der Waals surface area (Å²) in [5, 5.41) is -0.108. The average molecular weight is 206 g/mol. The van der Waals surface area contributed by atoms with Gasteiger partial charge in [-0.25, -0.2) is 9.98 Å². The van der Waals surface area contributed by atoms with Gasteiger partial charge < -0.3 is 0 Å². The normalized spacial score (nSPS) is 30.1. The van der Waals surface area contributed by atoms with Crippen molar-refractivity contribution in [1.29, 1.82) is 0 Å². The summed E-state index contributed by atoms with van der Waals surface area (Å²) >= 11 is 1.67. The van der Waals surface area contributed by atoms with Crippen molar-refractivity contribution in [2.75, 3.05) is 0 Å². The maximum Gasteiger partial charge on any atom is 0.266 e. The summed E-state index contributed by atoms with van der Waals surface area (Å²) in [5.74, 6) is -0.0330. The molecule has 0 aromatic rings. The first-order valence-corrected chi connectivity index (χ1v) is 5.77. The van der Waals surface area contributed by atoms with Crippen LogP contribution in [0.5, 0.6) is 0 Å². The Morgan fingerprint density at radius 2 is 2.21 bits per heavy atom. The van der Waals surface area contributed by atoms with E-state index in [4.69, 9.17) is 0 Å². The minimum atomic E-state index is -0.108. The van der Waals surface area contributed by atoms with Gasteiger partial charge in [0.15, 0.2) is 0 Å². The number of nitrogens with zero attached hydrogens (tertiary/aromatic N) is 2. The van der Waals surface area contributed by atoms with Gasteiger partial charge in [-0.05, 0) is 36.2 Å². The maximum absolute atomic E-state index is 11.5. The number of amides is 1. The first-order valence-electron chi connectivity index (χ1n) is 4.89. The summed E-state index contributed by atoms with van der Waals surface area (Å²) in [4.78, 5) is 20.9. The van der Waals surface area contributed by atoms with Gasteiger partial charge in [0.2, 0.25) is 0 Å². The van der Waals surface area contributed by atoms with Crippen molar-refractivity contribution in [3.63, 3.8) is 0 Å². The van der Waals surface area contributed by atoms with Gasteiger partial charge in [-0.15, -0.1) is 11.8 Å². The average Bonchev–Trinajstić information content (AvgIpc) is 2.59. The smallest absolute Gasteiger partial charge is 0.266 e. The molecule has 2 aliphatic heterocycles. The highest BCUT2D eigenvalue weighted by atomic mass is 32.2. The SMILES string of the molecule is O=C1N=CN=C2C3=C(CCCC3)SC12. The third-order valence-electron chi connectivity index (χ3n) is 2.84. The predicted molar refractivity (Wildman–Crippen MR) is 57.8 cm³/mol. The molecule has 2 heterocycles. The van der Waals surface area contributed by atoms with Gasteiger partial charge in [-0.3, -0.25) is 4.79 Å². The standard InChI is InChI=1S/C10H10N2OS/c13-10-9-8(11-5-12-10)6-3-1-2-4-7(6)14-9/h5,9H,1-4H2. The van der Waals surface area contributed by atoms with Crippen LogP contribution < -0.4 is 0 Å². The Hall–Kier alpha value is -0.900. The molecule has 0 bridgehead atoms. The quantitative estimate of drug-likeness (QED) is 0.607. The molecule has 0 spiro atoms. The van der Waals surface area contributed by atoms with E-state index in [2.05, 4.69) is 9.98 Å². The summed E-state index contributed by atoms with van der Waals surface area (Å²) < 4.78 is 0. The van der Waals surface area contributed by atoms with Crippen LogP contribution in [0.25, 0.3) is 0 Å². The first kappa shape index (κ1) is 8.41. The second kappa shape index (κ2) is 3.05. The van der Waals surface area contributed by atoms with Gasteiger partial charge in [-0.1, -0.05) is 0 Å². The van der Waals surface area contributed by atoms with Gasteiger partial charge >= 0.3 is 0 Å². The van der Waals surface area contributed by atoms with E-state index in [1.807, 2.05) is 0 Å². The molecular weight excluding hydrogens is 196 g/mol. The molecule has 1 unspecified atom stereocenters. The van der Waals surface area contributed by atoms with E-state index in [0.29, 0.717) is 0 Å². The topological polar surface area (TPSA) is 41.8 Å². The van der Waals surface area contributed by atoms with Crippen molar-refractivity contribution < 1.29 is 4.79 Å². The van der Waals surface area contributed by atoms with Crippen molar-refractivity contribution >= 4 is 29.7 Å². The van der Waals surface area contributed by atoms with Crippen molar-refractivity contribution in [3.8, 4) is 0 Å². The molecule has 1 amide bonds. The minimum absolute atomic E-state index is 0.0330. The largest absolute Gasteiger partial charge is 0.271 e. The highest BCUT2D eigenvalue weighted by molar-refractivity contribution is 8.05. The van der Waals surface area contributed by atoms with Crippen molar-refractivity contribution in [3.05, 3.63) is 10.5 Å². The number of carbonyl (C=O) groups excluding carboxylic acids is 1. The van der Waals surface area contributed by atoms with Gasteiger partial charge in [-0.2, -0.15) is 0 Å². The summed E-state index contributed by atoms with van der Waals surface area (Å²) in [7, 11) is 0. The van der Waals surface area contributed by atoms with Crippen LogP contribution >= 0.6 is 11.8 Å². The van der Waals surface area contributed by atoms with Crippen molar-refractivity contribution in [2.45, 2.75) is 30.9 Å². The zero-order valence-corrected chi connectivity index (χ0v) is 8.51. The fourth-order valence-electron chi connectivity index (χ4n) is 2.16. The monoisotopic (exact) mass is 206 g/mol. The molecule has 3 rings (SSSR count). The van der Waals surface area contributed by atoms with E-state index in [-0.39, 0.29) is 11.2 Å². The lowest BCUT2D eigenvalue weighted by atomic mass is 9.94. The minimum Gasteiger partial charge on any atom is -0.271 e. The highest BCUT2D eigenvalue weighted by Crippen LogP contribution is 2.44. The Morgan fingerprint density at radius 1 is 1.36 bits per heavy atom. The van der Waals surface area contributed by atoms with Gasteiger partial charge in [0.05, 0.1) is 5.71 Å². The van der Waals surface area contributed by atoms with Gasteiger partial charge in [0, 0.05) is 0 Å². The molecule has 0 aromatic heterocycles. The summed E-state index contributed by atoms with van der Waals surface area (Å²) in [6, 6.07) is 0. The number of rotatable bonds is 0. The second-order valence-corrected chi connectivity index (χ2v) is 4.90. The fraction of sp³-hybridized carbons (Fsp3) is 0.500. The maximum atomic E-state index is 11.5. The lowest BCUT2D eigenvalue weighted by Crippen LogP contribution is -2.26. The van der Waals surface area contributed by atoms with Crippen LogP contribution in [0.15, 0.2) is 20.5 Å². The number of carbonyl (C=O) groups is 1. The van der Waals surface area contributed by atoms with E-state index >= 15 is 0 Å². The van der Waals surface area contributed by atoms with Gasteiger partial charge in [0.1, 0.15) is 11.6 Å². The summed E-state index contributed by atoms with van der Waals surface area (Å²) in [6.07, 6.45) is 6.11. The van der Waals surface area contributed by atoms with Crippen molar-refractivity contribution in [2.24, 2.45) is 9.98 Å². The van der Waals surface area contributed by atoms with Crippen LogP contribution in [0, 0.1) is 0 Å². The Bertz CT molecular complexity index is 395. The Kier molecular flexibility index (Phi) is 1.83. The molecule has 72 valence electrons. The first-order chi connectivity index (χ1) is 6.86. The van der Waals surface area contributed by atoms with Crippen LogP contribution in [-0.4, -0.2) is 23.2 Å². The number of allylic oxidation sites excluding steroid dienone is 2. The molecule has 0 aromatic carbocycles. The lowest BCUT2D eigenvalue weighted by molar-refractivity contribution is -0.116. The molecule has 1 atom stereocenters. The van der Waals surface area contributed by atoms with E-state index in [0.717, 1.165) is 18.6 Å². The van der Waals surface area contributed by atoms with Crippen LogP contribution in [0.4, 0.5) is 0 Å². The molecule has 0 radical (unpaired) electrons. The van der Waals surface area contributed by atoms with Crippen LogP contribution in [0.2, 0.25) is 0 Å². The van der Waals surface area contributed by atoms with Crippen LogP contribution in [0.3, 0.4) is 0 Å². The van der Waals surface area contributed by atoms with Crippen LogP contribution in [0.1, 0.15) is 25.7 Å². The molecule has 0 saturated heterocycles. The molecule has 0 N–H and O–H groups in total. The molecule has 14 heavy (non-hydrogen) atoms. The van der Waals surface area contributed by atoms with E-state index < -0.39 is 0 Å². The molecule has 1 aliphatic carbocycles. The van der Waals surface area contributed by atoms with Crippen LogP contribution in [-0.2, 0) is 4.79 Å². The van der Waals surface area contributed by atoms with Gasteiger partial charge in [0.25, 0.3) is 5.91 Å². The van der Waals surface area contributed by atoms with E-state index in [1.54, 1.807) is 11.8 Å².